The number of fused-ring (bicyclic) bond motifs is 1. The Balaban J connectivity index is 1.42. The normalized spacial score (nSPS) is 22.2. The third-order valence-corrected chi connectivity index (χ3v) is 7.36. The third-order valence-electron chi connectivity index (χ3n) is 7.36. The second-order valence-electron chi connectivity index (χ2n) is 12.5. The first-order chi connectivity index (χ1) is 20.4. The van der Waals surface area contributed by atoms with Gasteiger partial charge in [0.15, 0.2) is 0 Å². The number of alkyl carbamates (subject to hydrolysis) is 1. The molecule has 232 valence electrons. The highest BCUT2D eigenvalue weighted by Gasteiger charge is 2.34. The third kappa shape index (κ3) is 8.68. The minimum atomic E-state index is -0.772. The van der Waals surface area contributed by atoms with E-state index in [1.54, 1.807) is 49.9 Å². The van der Waals surface area contributed by atoms with Crippen LogP contribution >= 0.6 is 0 Å². The van der Waals surface area contributed by atoms with E-state index in [-0.39, 0.29) is 48.0 Å². The molecule has 43 heavy (non-hydrogen) atoms. The van der Waals surface area contributed by atoms with E-state index in [2.05, 4.69) is 16.0 Å². The van der Waals surface area contributed by atoms with E-state index >= 15 is 0 Å². The van der Waals surface area contributed by atoms with Gasteiger partial charge < -0.3 is 30.3 Å². The number of hydrogen-bond acceptors (Lipinski definition) is 7. The van der Waals surface area contributed by atoms with Gasteiger partial charge in [0.05, 0.1) is 23.6 Å². The molecule has 0 saturated carbocycles. The van der Waals surface area contributed by atoms with Gasteiger partial charge >= 0.3 is 12.2 Å². The van der Waals surface area contributed by atoms with Gasteiger partial charge in [-0.3, -0.25) is 14.6 Å². The summed E-state index contributed by atoms with van der Waals surface area (Å²) in [5.74, 6) is -0.0764. The molecular weight excluding hydrogens is 550 g/mol. The molecule has 3 N–H and O–H groups in total. The number of carbonyl (C=O) groups excluding carboxylic acids is 4. The Morgan fingerprint density at radius 1 is 1.12 bits per heavy atom. The number of nitrogens with zero attached hydrogens (tertiary/aromatic N) is 2. The number of rotatable bonds is 8. The van der Waals surface area contributed by atoms with Crippen molar-refractivity contribution in [1.29, 1.82) is 0 Å². The van der Waals surface area contributed by atoms with Crippen molar-refractivity contribution in [3.63, 3.8) is 0 Å². The minimum Gasteiger partial charge on any atom is -0.444 e. The van der Waals surface area contributed by atoms with Crippen molar-refractivity contribution in [2.75, 3.05) is 13.1 Å². The molecule has 2 unspecified atom stereocenters. The van der Waals surface area contributed by atoms with Crippen LogP contribution in [-0.2, 0) is 14.3 Å². The number of aliphatic imine (C=N–C) groups is 1. The highest BCUT2D eigenvalue weighted by atomic mass is 16.6. The predicted molar refractivity (Wildman–Crippen MR) is 163 cm³/mol. The zero-order valence-electron chi connectivity index (χ0n) is 25.6. The van der Waals surface area contributed by atoms with E-state index < -0.39 is 23.8 Å². The average molecular weight is 594 g/mol. The van der Waals surface area contributed by atoms with Crippen LogP contribution in [0.25, 0.3) is 0 Å². The second-order valence-corrected chi connectivity index (χ2v) is 12.5. The number of likely N-dealkylation sites (tertiary alicyclic amines) is 1. The molecule has 1 fully saturated rings. The van der Waals surface area contributed by atoms with Crippen LogP contribution in [0.4, 0.5) is 9.59 Å². The topological polar surface area (TPSA) is 138 Å². The van der Waals surface area contributed by atoms with Gasteiger partial charge in [-0.05, 0) is 64.5 Å². The fraction of sp³-hybridized carbons (Fsp3) is 0.531. The molecule has 0 radical (unpaired) electrons. The van der Waals surface area contributed by atoms with Crippen molar-refractivity contribution in [3.8, 4) is 5.75 Å². The van der Waals surface area contributed by atoms with Crippen LogP contribution in [0.3, 0.4) is 0 Å². The van der Waals surface area contributed by atoms with Crippen LogP contribution in [0, 0.1) is 11.8 Å². The second kappa shape index (κ2) is 13.9. The van der Waals surface area contributed by atoms with E-state index in [0.717, 1.165) is 12.8 Å². The summed E-state index contributed by atoms with van der Waals surface area (Å²) in [7, 11) is 0. The molecule has 1 aromatic rings. The van der Waals surface area contributed by atoms with Gasteiger partial charge in [0, 0.05) is 13.1 Å². The number of amides is 4. The molecule has 11 heteroatoms. The quantitative estimate of drug-likeness (QED) is 0.415. The van der Waals surface area contributed by atoms with Crippen molar-refractivity contribution in [2.24, 2.45) is 16.8 Å². The maximum absolute atomic E-state index is 13.5. The molecular formula is C32H43N5O6. The lowest BCUT2D eigenvalue weighted by atomic mass is 9.92. The van der Waals surface area contributed by atoms with Crippen LogP contribution in [0.2, 0.25) is 0 Å². The maximum Gasteiger partial charge on any atom is 0.415 e. The minimum absolute atomic E-state index is 0.155. The summed E-state index contributed by atoms with van der Waals surface area (Å²) >= 11 is 0. The highest BCUT2D eigenvalue weighted by Crippen LogP contribution is 2.26. The Hall–Kier alpha value is -4.15. The van der Waals surface area contributed by atoms with Crippen LogP contribution < -0.4 is 20.7 Å². The number of nitrogens with one attached hydrogen (secondary N) is 3. The summed E-state index contributed by atoms with van der Waals surface area (Å²) in [6.07, 6.45) is 9.03. The fourth-order valence-electron chi connectivity index (χ4n) is 5.33. The number of benzene rings is 1. The van der Waals surface area contributed by atoms with Gasteiger partial charge in [-0.25, -0.2) is 9.59 Å². The molecule has 0 aromatic heterocycles. The molecule has 1 aliphatic carbocycles. The molecule has 2 heterocycles. The predicted octanol–water partition coefficient (Wildman–Crippen LogP) is 4.08. The van der Waals surface area contributed by atoms with Gasteiger partial charge in [-0.1, -0.05) is 50.3 Å². The molecule has 4 atom stereocenters. The van der Waals surface area contributed by atoms with Gasteiger partial charge in [-0.15, -0.1) is 0 Å². The van der Waals surface area contributed by atoms with E-state index in [1.165, 1.54) is 0 Å². The van der Waals surface area contributed by atoms with Crippen molar-refractivity contribution in [1.82, 2.24) is 20.9 Å². The zero-order chi connectivity index (χ0) is 31.1. The Morgan fingerprint density at radius 2 is 1.86 bits per heavy atom. The van der Waals surface area contributed by atoms with E-state index in [1.807, 2.05) is 38.2 Å². The van der Waals surface area contributed by atoms with E-state index in [0.29, 0.717) is 30.8 Å². The average Bonchev–Trinajstić information content (AvgIpc) is 2.94. The summed E-state index contributed by atoms with van der Waals surface area (Å²) in [6.45, 7) is 9.92. The molecule has 4 rings (SSSR count). The molecule has 2 aliphatic heterocycles. The Labute approximate surface area is 253 Å². The molecule has 1 aromatic carbocycles. The van der Waals surface area contributed by atoms with Crippen LogP contribution in [0.1, 0.15) is 65.9 Å². The van der Waals surface area contributed by atoms with Crippen LogP contribution in [0.5, 0.6) is 5.75 Å². The van der Waals surface area contributed by atoms with E-state index in [4.69, 9.17) is 14.5 Å². The van der Waals surface area contributed by atoms with Crippen LogP contribution in [-0.4, -0.2) is 71.6 Å². The Bertz CT molecular complexity index is 1300. The number of allylic oxidation sites excluding steroid dienone is 2. The van der Waals surface area contributed by atoms with Gasteiger partial charge in [0.2, 0.25) is 11.8 Å². The van der Waals surface area contributed by atoms with Gasteiger partial charge in [0.25, 0.3) is 0 Å². The number of amidine groups is 1. The maximum atomic E-state index is 13.5. The molecule has 0 bridgehead atoms. The number of ether oxygens (including phenoxy) is 2. The summed E-state index contributed by atoms with van der Waals surface area (Å²) < 4.78 is 11.2. The summed E-state index contributed by atoms with van der Waals surface area (Å²) in [6, 6.07) is 5.59. The Morgan fingerprint density at radius 3 is 2.60 bits per heavy atom. The summed E-state index contributed by atoms with van der Waals surface area (Å²) in [5.41, 5.74) is -0.177. The van der Waals surface area contributed by atoms with Crippen LogP contribution in [0.15, 0.2) is 53.6 Å². The van der Waals surface area contributed by atoms with E-state index in [9.17, 15) is 19.2 Å². The lowest BCUT2D eigenvalue weighted by Crippen LogP contribution is -2.54. The fourth-order valence-corrected chi connectivity index (χ4v) is 5.33. The Kier molecular flexibility index (Phi) is 10.3. The first-order valence-electron chi connectivity index (χ1n) is 15.0. The molecule has 0 spiro atoms. The highest BCUT2D eigenvalue weighted by molar-refractivity contribution is 6.12. The lowest BCUT2D eigenvalue weighted by Gasteiger charge is -2.35. The van der Waals surface area contributed by atoms with Crippen molar-refractivity contribution < 1.29 is 28.7 Å². The molecule has 4 amide bonds. The van der Waals surface area contributed by atoms with Gasteiger partial charge in [0.1, 0.15) is 23.2 Å². The first kappa shape index (κ1) is 31.8. The number of hydrogen-bond donors (Lipinski definition) is 3. The standard InChI is InChI=1S/C32H43N5O6/c1-20(2)18-25(35-30(40)43-32(3,4)5)29(39)33-19-21-12-10-11-17-37(21)31(41)42-26-16-9-7-14-23(26)27-34-24-15-8-6-13-22(24)28(38)36-27/h6-9,13-16,20-22,24-25H,10-12,17-19H2,1-5H3,(H,33,39)(H,35,40)(H,34,36,38)/t21?,22-,24?,25-/m0/s1. The summed E-state index contributed by atoms with van der Waals surface area (Å²) in [4.78, 5) is 58.1. The molecule has 3 aliphatic rings. The number of piperidine rings is 1. The molecule has 11 nitrogen and oxygen atoms in total. The smallest absolute Gasteiger partial charge is 0.415 e. The summed E-state index contributed by atoms with van der Waals surface area (Å²) in [5, 5.41) is 8.47. The molecule has 1 saturated heterocycles. The monoisotopic (exact) mass is 593 g/mol. The van der Waals surface area contributed by atoms with Crippen molar-refractivity contribution in [2.45, 2.75) is 84.0 Å². The van der Waals surface area contributed by atoms with Gasteiger partial charge in [-0.2, -0.15) is 0 Å². The zero-order valence-corrected chi connectivity index (χ0v) is 25.6. The first-order valence-corrected chi connectivity index (χ1v) is 15.0. The number of carbonyl (C=O) groups is 4. The van der Waals surface area contributed by atoms with Crippen molar-refractivity contribution in [3.05, 3.63) is 54.1 Å². The van der Waals surface area contributed by atoms with Crippen molar-refractivity contribution >= 4 is 29.8 Å². The SMILES string of the molecule is CC(C)C[C@H](NC(=O)OC(C)(C)C)C(=O)NCC1CCCCN1C(=O)Oc1ccccc1C1=NC2C=CC=C[C@@H]2C(=O)N1. The largest absolute Gasteiger partial charge is 0.444 e. The lowest BCUT2D eigenvalue weighted by molar-refractivity contribution is -0.124. The number of para-hydroxylation sites is 1.